The van der Waals surface area contributed by atoms with Crippen LogP contribution in [0.3, 0.4) is 0 Å². The van der Waals surface area contributed by atoms with Gasteiger partial charge in [0, 0.05) is 41.9 Å². The lowest BCUT2D eigenvalue weighted by Gasteiger charge is -2.16. The summed E-state index contributed by atoms with van der Waals surface area (Å²) in [6.07, 6.45) is -2.12. The molecule has 3 heterocycles. The Kier molecular flexibility index (Phi) is 1.67. The molecule has 0 radical (unpaired) electrons. The summed E-state index contributed by atoms with van der Waals surface area (Å²) in [5, 5.41) is 0.588. The molecule has 5 rings (SSSR count). The van der Waals surface area contributed by atoms with Crippen molar-refractivity contribution in [2.24, 2.45) is 0 Å². The van der Waals surface area contributed by atoms with Gasteiger partial charge in [0.1, 0.15) is 5.58 Å². The average Bonchev–Trinajstić information content (AvgIpc) is 3.13. The largest absolute Gasteiger partial charge is 0.437 e. The predicted octanol–water partition coefficient (Wildman–Crippen LogP) is 5.54. The van der Waals surface area contributed by atoms with Crippen LogP contribution in [0.25, 0.3) is 33.3 Å². The first-order valence-corrected chi connectivity index (χ1v) is 7.98. The van der Waals surface area contributed by atoms with Gasteiger partial charge in [-0.3, -0.25) is 4.98 Å². The van der Waals surface area contributed by atoms with Crippen LogP contribution in [0.15, 0.2) is 40.9 Å². The summed E-state index contributed by atoms with van der Waals surface area (Å²) in [6.45, 7) is -4.97. The number of rotatable bonds is 1. The quantitative estimate of drug-likeness (QED) is 0.457. The topological polar surface area (TPSA) is 38.9 Å². The van der Waals surface area contributed by atoms with Crippen LogP contribution in [0.5, 0.6) is 0 Å². The third-order valence-corrected chi connectivity index (χ3v) is 4.42. The van der Waals surface area contributed by atoms with E-state index in [1.54, 1.807) is 0 Å². The second kappa shape index (κ2) is 5.41. The monoisotopic (exact) mass is 338 g/mol. The zero-order valence-electron chi connectivity index (χ0n) is 23.2. The summed E-state index contributed by atoms with van der Waals surface area (Å²) >= 11 is 0. The fourth-order valence-corrected chi connectivity index (χ4v) is 3.25. The second-order valence-electron chi connectivity index (χ2n) is 5.98. The smallest absolute Gasteiger partial charge is 0.227 e. The molecule has 0 saturated carbocycles. The highest BCUT2D eigenvalue weighted by Crippen LogP contribution is 2.37. The average molecular weight is 338 g/mol. The highest BCUT2D eigenvalue weighted by Gasteiger charge is 2.17. The molecule has 1 aliphatic carbocycles. The van der Waals surface area contributed by atoms with E-state index in [-0.39, 0.29) is 57.6 Å². The Bertz CT molecular complexity index is 1480. The van der Waals surface area contributed by atoms with E-state index in [1.807, 2.05) is 0 Å². The number of hydrogen-bond donors (Lipinski definition) is 0. The number of fused-ring (bicyclic) bond motifs is 4. The van der Waals surface area contributed by atoms with Gasteiger partial charge in [0.2, 0.25) is 5.71 Å². The fraction of sp³-hybridized carbons (Fsp3) is 0.273. The highest BCUT2D eigenvalue weighted by molar-refractivity contribution is 6.10. The summed E-state index contributed by atoms with van der Waals surface area (Å²) in [7, 11) is 0. The molecule has 1 aromatic carbocycles. The minimum Gasteiger partial charge on any atom is -0.437 e. The molecule has 0 unspecified atom stereocenters. The number of aromatic nitrogens is 2. The predicted molar refractivity (Wildman–Crippen MR) is 101 cm³/mol. The summed E-state index contributed by atoms with van der Waals surface area (Å²) in [6, 6.07) is 7.20. The molecular weight excluding hydrogens is 308 g/mol. The zero-order valence-corrected chi connectivity index (χ0v) is 13.2. The number of benzene rings is 1. The van der Waals surface area contributed by atoms with Gasteiger partial charge in [0.05, 0.1) is 5.69 Å². The maximum atomic E-state index is 8.40. The van der Waals surface area contributed by atoms with Crippen molar-refractivity contribution in [1.29, 1.82) is 0 Å². The number of pyridine rings is 2. The summed E-state index contributed by atoms with van der Waals surface area (Å²) in [5.74, 6) is 0. The second-order valence-corrected chi connectivity index (χ2v) is 5.98. The number of furan rings is 1. The van der Waals surface area contributed by atoms with Crippen molar-refractivity contribution in [1.82, 2.24) is 9.97 Å². The minimum atomic E-state index is -2.49. The van der Waals surface area contributed by atoms with Gasteiger partial charge >= 0.3 is 0 Å². The summed E-state index contributed by atoms with van der Waals surface area (Å²) < 4.78 is 86.1. The Labute approximate surface area is 160 Å². The molecule has 0 N–H and O–H groups in total. The number of hydrogen-bond acceptors (Lipinski definition) is 3. The van der Waals surface area contributed by atoms with Gasteiger partial charge in [-0.2, -0.15) is 0 Å². The molecule has 0 saturated heterocycles. The van der Waals surface area contributed by atoms with Crippen LogP contribution < -0.4 is 0 Å². The van der Waals surface area contributed by atoms with E-state index in [0.717, 1.165) is 0 Å². The standard InChI is InChI=1S/C22H20N2O/c1-13-7-9-17(19-11-15-5-3-4-6-16(15)12-23-19)21-20(13)18-10-8-14(2)24-22(18)25-21/h7-12H,3-6H2,1-2H3/i1D3,2D3,5D2,6D2. The maximum Gasteiger partial charge on any atom is 0.227 e. The Morgan fingerprint density at radius 3 is 2.88 bits per heavy atom. The molecule has 3 heteroatoms. The van der Waals surface area contributed by atoms with Crippen molar-refractivity contribution in [2.75, 3.05) is 0 Å². The lowest BCUT2D eigenvalue weighted by Crippen LogP contribution is -2.03. The lowest BCUT2D eigenvalue weighted by molar-refractivity contribution is 0.653. The fourth-order valence-electron chi connectivity index (χ4n) is 3.25. The Hall–Kier alpha value is -2.68. The first kappa shape index (κ1) is 7.69. The Balaban J connectivity index is 1.81. The zero-order chi connectivity index (χ0) is 25.6. The molecule has 1 aliphatic rings. The van der Waals surface area contributed by atoms with Crippen LogP contribution in [-0.2, 0) is 12.7 Å². The van der Waals surface area contributed by atoms with E-state index in [2.05, 4.69) is 9.97 Å². The molecule has 0 fully saturated rings. The van der Waals surface area contributed by atoms with Crippen molar-refractivity contribution < 1.29 is 18.1 Å². The van der Waals surface area contributed by atoms with Gasteiger partial charge in [-0.1, -0.05) is 6.07 Å². The van der Waals surface area contributed by atoms with E-state index in [0.29, 0.717) is 10.9 Å². The van der Waals surface area contributed by atoms with Crippen LogP contribution in [0.1, 0.15) is 48.9 Å². The molecule has 3 aromatic heterocycles. The molecule has 0 atom stereocenters. The summed E-state index contributed by atoms with van der Waals surface area (Å²) in [4.78, 5) is 8.49. The van der Waals surface area contributed by atoms with Gasteiger partial charge in [-0.25, -0.2) is 4.98 Å². The summed E-state index contributed by atoms with van der Waals surface area (Å²) in [5.41, 5.74) is 0.930. The van der Waals surface area contributed by atoms with E-state index in [9.17, 15) is 0 Å². The van der Waals surface area contributed by atoms with Crippen molar-refractivity contribution in [3.8, 4) is 11.3 Å². The Morgan fingerprint density at radius 1 is 1.08 bits per heavy atom. The van der Waals surface area contributed by atoms with Crippen LogP contribution in [-0.4, -0.2) is 9.97 Å². The molecule has 0 spiro atoms. The molecule has 0 aliphatic heterocycles. The first-order chi connectivity index (χ1) is 16.1. The van der Waals surface area contributed by atoms with E-state index >= 15 is 0 Å². The van der Waals surface area contributed by atoms with Gasteiger partial charge in [-0.15, -0.1) is 0 Å². The van der Waals surface area contributed by atoms with Crippen molar-refractivity contribution in [3.05, 3.63) is 58.9 Å². The molecule has 0 amide bonds. The number of aryl methyl sites for hydroxylation is 4. The van der Waals surface area contributed by atoms with Gasteiger partial charge < -0.3 is 4.42 Å². The van der Waals surface area contributed by atoms with E-state index in [1.165, 1.54) is 36.5 Å². The van der Waals surface area contributed by atoms with Crippen LogP contribution >= 0.6 is 0 Å². The number of nitrogens with zero attached hydrogens (tertiary/aromatic N) is 2. The molecule has 124 valence electrons. The minimum absolute atomic E-state index is 0.00283. The maximum absolute atomic E-state index is 8.40. The van der Waals surface area contributed by atoms with E-state index in [4.69, 9.17) is 18.1 Å². The van der Waals surface area contributed by atoms with Gasteiger partial charge in [0.15, 0.2) is 0 Å². The van der Waals surface area contributed by atoms with Crippen molar-refractivity contribution in [3.63, 3.8) is 0 Å². The lowest BCUT2D eigenvalue weighted by atomic mass is 9.92. The highest BCUT2D eigenvalue weighted by atomic mass is 16.3. The first-order valence-electron chi connectivity index (χ1n) is 13.0. The molecule has 0 bridgehead atoms. The normalized spacial score (nSPS) is 25.1. The van der Waals surface area contributed by atoms with Crippen molar-refractivity contribution in [2.45, 2.75) is 39.3 Å². The molecule has 25 heavy (non-hydrogen) atoms. The molecule has 3 nitrogen and oxygen atoms in total. The van der Waals surface area contributed by atoms with E-state index < -0.39 is 26.4 Å². The molecule has 4 aromatic rings. The van der Waals surface area contributed by atoms with Gasteiger partial charge in [-0.05, 0) is 80.2 Å². The Morgan fingerprint density at radius 2 is 2.00 bits per heavy atom. The van der Waals surface area contributed by atoms with Crippen molar-refractivity contribution >= 4 is 22.1 Å². The van der Waals surface area contributed by atoms with Crippen LogP contribution in [0, 0.1) is 13.7 Å². The molecular formula is C22H20N2O. The third-order valence-electron chi connectivity index (χ3n) is 4.42. The third kappa shape index (κ3) is 2.26. The SMILES string of the molecule is [2H]C([2H])([2H])c1ccc2c(n1)oc1c(-c3cc4c(cn3)C([2H])([2H])CCC4([2H])[2H])ccc(C([2H])([2H])[2H])c12. The van der Waals surface area contributed by atoms with Gasteiger partial charge in [0.25, 0.3) is 0 Å². The van der Waals surface area contributed by atoms with Crippen LogP contribution in [0.4, 0.5) is 0 Å². The van der Waals surface area contributed by atoms with Crippen LogP contribution in [0.2, 0.25) is 0 Å².